The second-order valence-electron chi connectivity index (χ2n) is 6.66. The number of carbonyl (C=O) groups excluding carboxylic acids is 1. The van der Waals surface area contributed by atoms with Crippen LogP contribution in [0.2, 0.25) is 0 Å². The first-order chi connectivity index (χ1) is 14.3. The number of carbonyl (C=O) groups is 1. The summed E-state index contributed by atoms with van der Waals surface area (Å²) in [7, 11) is 1.29. The fourth-order valence-electron chi connectivity index (χ4n) is 3.23. The average Bonchev–Trinajstić information content (AvgIpc) is 3.03. The summed E-state index contributed by atoms with van der Waals surface area (Å²) in [4.78, 5) is 27.2. The Bertz CT molecular complexity index is 1180. The predicted molar refractivity (Wildman–Crippen MR) is 114 cm³/mol. The van der Waals surface area contributed by atoms with E-state index >= 15 is 0 Å². The molecule has 3 rings (SSSR count). The molecule has 2 heterocycles. The molecule has 1 amide bonds. The van der Waals surface area contributed by atoms with Crippen molar-refractivity contribution in [2.24, 2.45) is 0 Å². The van der Waals surface area contributed by atoms with Gasteiger partial charge in [0.1, 0.15) is 0 Å². The number of amides is 1. The number of nitro groups is 1. The Labute approximate surface area is 173 Å². The number of hydrogen-bond acceptors (Lipinski definition) is 6. The number of nitrogens with one attached hydrogen (secondary N) is 2. The van der Waals surface area contributed by atoms with Crippen LogP contribution in [0.5, 0.6) is 0 Å². The molecule has 154 valence electrons. The van der Waals surface area contributed by atoms with E-state index < -0.39 is 11.0 Å². The lowest BCUT2D eigenvalue weighted by Crippen LogP contribution is -2.14. The van der Waals surface area contributed by atoms with Gasteiger partial charge in [0.25, 0.3) is 5.69 Å². The first kappa shape index (κ1) is 20.7. The number of aromatic nitrogens is 2. The van der Waals surface area contributed by atoms with E-state index in [-0.39, 0.29) is 5.69 Å². The number of terminal acetylenes is 1. The second kappa shape index (κ2) is 8.53. The number of rotatable bonds is 6. The third-order valence-electron chi connectivity index (χ3n) is 4.77. The zero-order valence-corrected chi connectivity index (χ0v) is 16.9. The molecule has 1 aromatic carbocycles. The van der Waals surface area contributed by atoms with Gasteiger partial charge in [-0.25, -0.2) is 9.78 Å². The Balaban J connectivity index is 2.03. The Morgan fingerprint density at radius 2 is 2.13 bits per heavy atom. The first-order valence-corrected chi connectivity index (χ1v) is 9.12. The fourth-order valence-corrected chi connectivity index (χ4v) is 3.23. The Morgan fingerprint density at radius 1 is 1.37 bits per heavy atom. The standard InChI is InChI=1S/C21H21N5O4/c1-5-7-19-14(3)23-20-18(10-15(26(28)29)12-25(19)20)22-11-16-13(2)8-6-9-17(16)24-21(27)30-4/h1,6,8-10,12,22H,7,11H2,2-4H3,(H,24,27). The van der Waals surface area contributed by atoms with Gasteiger partial charge in [0.15, 0.2) is 5.65 Å². The van der Waals surface area contributed by atoms with E-state index in [0.717, 1.165) is 16.8 Å². The van der Waals surface area contributed by atoms with Gasteiger partial charge in [-0.1, -0.05) is 12.1 Å². The number of anilines is 2. The van der Waals surface area contributed by atoms with Crippen LogP contribution in [0.25, 0.3) is 5.65 Å². The SMILES string of the molecule is C#CCc1c(C)nc2c(NCc3c(C)cccc3NC(=O)OC)cc([N+](=O)[O-])cn12. The molecule has 2 N–H and O–H groups in total. The summed E-state index contributed by atoms with van der Waals surface area (Å²) in [5, 5.41) is 17.4. The molecule has 0 aliphatic heterocycles. The third kappa shape index (κ3) is 4.03. The van der Waals surface area contributed by atoms with Crippen molar-refractivity contribution in [3.63, 3.8) is 0 Å². The molecular weight excluding hydrogens is 386 g/mol. The van der Waals surface area contributed by atoms with Crippen LogP contribution >= 0.6 is 0 Å². The quantitative estimate of drug-likeness (QED) is 0.365. The summed E-state index contributed by atoms with van der Waals surface area (Å²) in [5.74, 6) is 2.56. The van der Waals surface area contributed by atoms with Crippen LogP contribution in [-0.4, -0.2) is 27.5 Å². The molecule has 0 spiro atoms. The lowest BCUT2D eigenvalue weighted by atomic mass is 10.1. The summed E-state index contributed by atoms with van der Waals surface area (Å²) in [5.41, 5.74) is 4.72. The molecule has 30 heavy (non-hydrogen) atoms. The van der Waals surface area contributed by atoms with E-state index in [0.29, 0.717) is 35.7 Å². The van der Waals surface area contributed by atoms with E-state index in [4.69, 9.17) is 6.42 Å². The summed E-state index contributed by atoms with van der Waals surface area (Å²) >= 11 is 0. The normalized spacial score (nSPS) is 10.5. The average molecular weight is 407 g/mol. The summed E-state index contributed by atoms with van der Waals surface area (Å²) in [6.07, 6.45) is 6.59. The van der Waals surface area contributed by atoms with Crippen molar-refractivity contribution < 1.29 is 14.5 Å². The van der Waals surface area contributed by atoms with Gasteiger partial charge >= 0.3 is 6.09 Å². The van der Waals surface area contributed by atoms with Gasteiger partial charge in [-0.2, -0.15) is 0 Å². The monoisotopic (exact) mass is 407 g/mol. The van der Waals surface area contributed by atoms with Crippen LogP contribution in [0.1, 0.15) is 22.5 Å². The van der Waals surface area contributed by atoms with E-state index in [1.165, 1.54) is 19.4 Å². The minimum absolute atomic E-state index is 0.0848. The molecule has 9 heteroatoms. The number of aryl methyl sites for hydroxylation is 2. The van der Waals surface area contributed by atoms with Crippen LogP contribution in [0.3, 0.4) is 0 Å². The number of nitrogens with zero attached hydrogens (tertiary/aromatic N) is 3. The second-order valence-corrected chi connectivity index (χ2v) is 6.66. The largest absolute Gasteiger partial charge is 0.453 e. The molecule has 0 radical (unpaired) electrons. The minimum atomic E-state index is -0.581. The highest BCUT2D eigenvalue weighted by Crippen LogP contribution is 2.28. The van der Waals surface area contributed by atoms with Crippen molar-refractivity contribution >= 4 is 28.8 Å². The van der Waals surface area contributed by atoms with Crippen LogP contribution in [-0.2, 0) is 17.7 Å². The Hall–Kier alpha value is -4.06. The number of benzene rings is 1. The molecule has 0 aliphatic carbocycles. The number of methoxy groups -OCH3 is 1. The van der Waals surface area contributed by atoms with Gasteiger partial charge in [0.2, 0.25) is 0 Å². The van der Waals surface area contributed by atoms with E-state index in [1.54, 1.807) is 10.5 Å². The zero-order chi connectivity index (χ0) is 21.8. The Morgan fingerprint density at radius 3 is 2.80 bits per heavy atom. The molecule has 0 aliphatic rings. The maximum Gasteiger partial charge on any atom is 0.411 e. The fraction of sp³-hybridized carbons (Fsp3) is 0.238. The molecule has 0 fully saturated rings. The molecular formula is C21H21N5O4. The molecule has 0 atom stereocenters. The first-order valence-electron chi connectivity index (χ1n) is 9.12. The third-order valence-corrected chi connectivity index (χ3v) is 4.77. The van der Waals surface area contributed by atoms with Crippen molar-refractivity contribution in [1.82, 2.24) is 9.38 Å². The smallest absolute Gasteiger partial charge is 0.411 e. The van der Waals surface area contributed by atoms with E-state index in [9.17, 15) is 14.9 Å². The molecule has 3 aromatic rings. The maximum absolute atomic E-state index is 11.7. The van der Waals surface area contributed by atoms with Gasteiger partial charge < -0.3 is 10.1 Å². The van der Waals surface area contributed by atoms with Crippen LogP contribution in [0, 0.1) is 36.3 Å². The highest BCUT2D eigenvalue weighted by atomic mass is 16.6. The van der Waals surface area contributed by atoms with E-state index in [2.05, 4.69) is 26.3 Å². The summed E-state index contributed by atoms with van der Waals surface area (Å²) < 4.78 is 6.33. The van der Waals surface area contributed by atoms with Gasteiger partial charge in [-0.05, 0) is 31.0 Å². The lowest BCUT2D eigenvalue weighted by molar-refractivity contribution is -0.385. The lowest BCUT2D eigenvalue weighted by Gasteiger charge is -2.15. The molecule has 9 nitrogen and oxygen atoms in total. The van der Waals surface area contributed by atoms with Crippen molar-refractivity contribution in [2.45, 2.75) is 26.8 Å². The van der Waals surface area contributed by atoms with Gasteiger partial charge in [0.05, 0.1) is 41.7 Å². The van der Waals surface area contributed by atoms with E-state index in [1.807, 2.05) is 26.0 Å². The van der Waals surface area contributed by atoms with Crippen molar-refractivity contribution in [1.29, 1.82) is 0 Å². The molecule has 0 saturated carbocycles. The predicted octanol–water partition coefficient (Wildman–Crippen LogP) is 3.83. The van der Waals surface area contributed by atoms with Crippen LogP contribution < -0.4 is 10.6 Å². The summed E-state index contributed by atoms with van der Waals surface area (Å²) in [6.45, 7) is 4.03. The number of pyridine rings is 1. The number of imidazole rings is 1. The maximum atomic E-state index is 11.7. The van der Waals surface area contributed by atoms with Gasteiger partial charge in [-0.15, -0.1) is 12.3 Å². The van der Waals surface area contributed by atoms with Crippen molar-refractivity contribution in [2.75, 3.05) is 17.7 Å². The topological polar surface area (TPSA) is 111 Å². The van der Waals surface area contributed by atoms with Crippen molar-refractivity contribution in [3.8, 4) is 12.3 Å². The highest BCUT2D eigenvalue weighted by Gasteiger charge is 2.18. The van der Waals surface area contributed by atoms with Crippen LogP contribution in [0.4, 0.5) is 21.9 Å². The molecule has 0 unspecified atom stereocenters. The molecule has 0 saturated heterocycles. The number of hydrogen-bond donors (Lipinski definition) is 2. The van der Waals surface area contributed by atoms with Crippen molar-refractivity contribution in [3.05, 3.63) is 63.1 Å². The van der Waals surface area contributed by atoms with Gasteiger partial charge in [-0.3, -0.25) is 19.8 Å². The Kier molecular flexibility index (Phi) is 5.88. The highest BCUT2D eigenvalue weighted by molar-refractivity contribution is 5.86. The molecule has 2 aromatic heterocycles. The number of fused-ring (bicyclic) bond motifs is 1. The minimum Gasteiger partial charge on any atom is -0.453 e. The summed E-state index contributed by atoms with van der Waals surface area (Å²) in [6, 6.07) is 6.93. The van der Waals surface area contributed by atoms with Gasteiger partial charge in [0, 0.05) is 18.3 Å². The molecule has 0 bridgehead atoms. The zero-order valence-electron chi connectivity index (χ0n) is 16.9. The number of ether oxygens (including phenoxy) is 1. The van der Waals surface area contributed by atoms with Crippen LogP contribution in [0.15, 0.2) is 30.5 Å².